The summed E-state index contributed by atoms with van der Waals surface area (Å²) in [6, 6.07) is 20.7. The predicted octanol–water partition coefficient (Wildman–Crippen LogP) is 4.05. The number of ether oxygens (including phenoxy) is 1. The van der Waals surface area contributed by atoms with Crippen LogP contribution >= 0.6 is 11.3 Å². The summed E-state index contributed by atoms with van der Waals surface area (Å²) in [5.74, 6) is 0.546. The molecule has 1 aliphatic rings. The number of thiazole rings is 1. The number of nitrogens with zero attached hydrogens (tertiary/aromatic N) is 3. The van der Waals surface area contributed by atoms with Gasteiger partial charge in [-0.05, 0) is 49.4 Å². The Labute approximate surface area is 232 Å². The molecule has 1 aliphatic heterocycles. The van der Waals surface area contributed by atoms with Crippen molar-refractivity contribution in [1.82, 2.24) is 15.2 Å². The summed E-state index contributed by atoms with van der Waals surface area (Å²) in [5, 5.41) is 3.95. The third-order valence-corrected chi connectivity index (χ3v) is 8.95. The van der Waals surface area contributed by atoms with Gasteiger partial charge in [0.05, 0.1) is 33.0 Å². The summed E-state index contributed by atoms with van der Waals surface area (Å²) >= 11 is 1.68. The first-order valence-corrected chi connectivity index (χ1v) is 15.2. The first-order valence-electron chi connectivity index (χ1n) is 12.9. The number of carbonyl (C=O) groups excluding carboxylic acids is 1. The van der Waals surface area contributed by atoms with Crippen LogP contribution in [0.4, 0.5) is 10.8 Å². The van der Waals surface area contributed by atoms with Gasteiger partial charge in [-0.1, -0.05) is 41.7 Å². The lowest BCUT2D eigenvalue weighted by Crippen LogP contribution is -2.48. The molecule has 0 atom stereocenters. The molecule has 0 bridgehead atoms. The lowest BCUT2D eigenvalue weighted by molar-refractivity contribution is 0.0948. The van der Waals surface area contributed by atoms with Crippen molar-refractivity contribution in [1.29, 1.82) is 0 Å². The lowest BCUT2D eigenvalue weighted by atomic mass is 10.1. The number of hydrogen-bond acceptors (Lipinski definition) is 8. The van der Waals surface area contributed by atoms with E-state index in [1.165, 1.54) is 12.1 Å². The van der Waals surface area contributed by atoms with Crippen LogP contribution in [0, 0.1) is 0 Å². The summed E-state index contributed by atoms with van der Waals surface area (Å²) in [7, 11) is -3.80. The Morgan fingerprint density at radius 1 is 1.00 bits per heavy atom. The molecule has 2 heterocycles. The molecular formula is C28H31N5O4S2. The third-order valence-electron chi connectivity index (χ3n) is 6.49. The van der Waals surface area contributed by atoms with Crippen LogP contribution in [0.3, 0.4) is 0 Å². The second-order valence-electron chi connectivity index (χ2n) is 9.11. The van der Waals surface area contributed by atoms with Crippen molar-refractivity contribution in [2.75, 3.05) is 55.5 Å². The minimum absolute atomic E-state index is 0.139. The minimum Gasteiger partial charge on any atom is -0.494 e. The predicted molar refractivity (Wildman–Crippen MR) is 155 cm³/mol. The van der Waals surface area contributed by atoms with E-state index >= 15 is 0 Å². The monoisotopic (exact) mass is 565 g/mol. The molecule has 204 valence electrons. The van der Waals surface area contributed by atoms with E-state index in [9.17, 15) is 13.2 Å². The molecule has 9 nitrogen and oxygen atoms in total. The van der Waals surface area contributed by atoms with Gasteiger partial charge in [-0.15, -0.1) is 0 Å². The molecule has 0 saturated carbocycles. The van der Waals surface area contributed by atoms with Gasteiger partial charge in [0.1, 0.15) is 5.75 Å². The number of carbonyl (C=O) groups is 1. The summed E-state index contributed by atoms with van der Waals surface area (Å²) in [4.78, 5) is 22.5. The summed E-state index contributed by atoms with van der Waals surface area (Å²) < 4.78 is 34.8. The van der Waals surface area contributed by atoms with Crippen LogP contribution in [0.15, 0.2) is 77.7 Å². The van der Waals surface area contributed by atoms with E-state index in [1.54, 1.807) is 53.8 Å². The van der Waals surface area contributed by atoms with Gasteiger partial charge in [-0.2, -0.15) is 0 Å². The summed E-state index contributed by atoms with van der Waals surface area (Å²) in [6.07, 6.45) is 0. The zero-order valence-corrected chi connectivity index (χ0v) is 23.3. The number of piperazine rings is 1. The van der Waals surface area contributed by atoms with Gasteiger partial charge >= 0.3 is 0 Å². The zero-order valence-electron chi connectivity index (χ0n) is 21.7. The van der Waals surface area contributed by atoms with Gasteiger partial charge in [-0.3, -0.25) is 14.4 Å². The molecular weight excluding hydrogens is 534 g/mol. The highest BCUT2D eigenvalue weighted by Gasteiger charge is 2.21. The van der Waals surface area contributed by atoms with Crippen molar-refractivity contribution >= 4 is 48.3 Å². The average Bonchev–Trinajstić information content (AvgIpc) is 3.38. The van der Waals surface area contributed by atoms with Gasteiger partial charge in [0, 0.05) is 39.3 Å². The Hall–Kier alpha value is -3.67. The quantitative estimate of drug-likeness (QED) is 0.299. The zero-order chi connectivity index (χ0) is 27.2. The Morgan fingerprint density at radius 3 is 2.51 bits per heavy atom. The van der Waals surface area contributed by atoms with Crippen molar-refractivity contribution in [2.24, 2.45) is 0 Å². The van der Waals surface area contributed by atoms with Crippen molar-refractivity contribution in [2.45, 2.75) is 11.8 Å². The number of para-hydroxylation sites is 1. The molecule has 1 saturated heterocycles. The van der Waals surface area contributed by atoms with Gasteiger partial charge < -0.3 is 15.0 Å². The van der Waals surface area contributed by atoms with Gasteiger partial charge in [0.2, 0.25) is 0 Å². The van der Waals surface area contributed by atoms with E-state index in [1.807, 2.05) is 25.1 Å². The number of rotatable bonds is 10. The smallest absolute Gasteiger partial charge is 0.261 e. The van der Waals surface area contributed by atoms with Crippen LogP contribution in [0.1, 0.15) is 17.3 Å². The Morgan fingerprint density at radius 2 is 1.74 bits per heavy atom. The van der Waals surface area contributed by atoms with E-state index in [2.05, 4.69) is 19.8 Å². The second-order valence-corrected chi connectivity index (χ2v) is 11.8. The fraction of sp³-hybridized carbons (Fsp3) is 0.286. The number of anilines is 2. The highest BCUT2D eigenvalue weighted by molar-refractivity contribution is 7.92. The number of nitrogens with one attached hydrogen (secondary N) is 2. The van der Waals surface area contributed by atoms with E-state index in [0.717, 1.165) is 47.3 Å². The van der Waals surface area contributed by atoms with Crippen LogP contribution in [-0.4, -0.2) is 70.1 Å². The Bertz CT molecular complexity index is 1530. The van der Waals surface area contributed by atoms with Gasteiger partial charge in [0.15, 0.2) is 5.13 Å². The Balaban J connectivity index is 1.12. The highest BCUT2D eigenvalue weighted by atomic mass is 32.2. The number of benzene rings is 3. The maximum Gasteiger partial charge on any atom is 0.261 e. The van der Waals surface area contributed by atoms with Crippen molar-refractivity contribution < 1.29 is 17.9 Å². The molecule has 4 aromatic rings. The number of fused-ring (bicyclic) bond motifs is 1. The van der Waals surface area contributed by atoms with E-state index in [-0.39, 0.29) is 22.1 Å². The molecule has 0 radical (unpaired) electrons. The number of amides is 1. The molecule has 3 aromatic carbocycles. The van der Waals surface area contributed by atoms with E-state index in [4.69, 9.17) is 9.72 Å². The largest absolute Gasteiger partial charge is 0.494 e. The molecule has 1 fully saturated rings. The molecule has 0 unspecified atom stereocenters. The SMILES string of the molecule is CCOc1ccc2nc(N3CCN(CCNC(=O)c4ccccc4NS(=O)(=O)c4ccccc4)CC3)sc2c1. The van der Waals surface area contributed by atoms with Crippen LogP contribution in [0.25, 0.3) is 10.2 Å². The van der Waals surface area contributed by atoms with Crippen molar-refractivity contribution in [3.8, 4) is 5.75 Å². The van der Waals surface area contributed by atoms with Crippen molar-refractivity contribution in [3.05, 3.63) is 78.4 Å². The number of aromatic nitrogens is 1. The normalized spacial score (nSPS) is 14.3. The first-order chi connectivity index (χ1) is 18.9. The topological polar surface area (TPSA) is 104 Å². The van der Waals surface area contributed by atoms with E-state index in [0.29, 0.717) is 19.7 Å². The van der Waals surface area contributed by atoms with E-state index < -0.39 is 10.0 Å². The maximum atomic E-state index is 12.9. The van der Waals surface area contributed by atoms with Crippen LogP contribution < -0.4 is 19.7 Å². The Kier molecular flexibility index (Phi) is 8.30. The molecule has 5 rings (SSSR count). The molecule has 1 amide bonds. The van der Waals surface area contributed by atoms with Crippen LogP contribution in [-0.2, 0) is 10.0 Å². The highest BCUT2D eigenvalue weighted by Crippen LogP contribution is 2.32. The molecule has 1 aromatic heterocycles. The average molecular weight is 566 g/mol. The second kappa shape index (κ2) is 12.0. The fourth-order valence-corrected chi connectivity index (χ4v) is 6.59. The molecule has 0 spiro atoms. The minimum atomic E-state index is -3.80. The molecule has 11 heteroatoms. The maximum absolute atomic E-state index is 12.9. The first kappa shape index (κ1) is 26.9. The third kappa shape index (κ3) is 6.49. The standard InChI is InChI=1S/C28H31N5O4S2/c1-2-37-21-12-13-25-26(20-21)38-28(30-25)33-18-16-32(17-19-33)15-14-29-27(34)23-10-6-7-11-24(23)31-39(35,36)22-8-4-3-5-9-22/h3-13,20,31H,2,14-19H2,1H3,(H,29,34). The summed E-state index contributed by atoms with van der Waals surface area (Å²) in [5.41, 5.74) is 1.51. The number of sulfonamides is 1. The molecule has 2 N–H and O–H groups in total. The molecule has 0 aliphatic carbocycles. The van der Waals surface area contributed by atoms with Gasteiger partial charge in [0.25, 0.3) is 15.9 Å². The van der Waals surface area contributed by atoms with Crippen molar-refractivity contribution in [3.63, 3.8) is 0 Å². The number of hydrogen-bond donors (Lipinski definition) is 2. The molecule has 39 heavy (non-hydrogen) atoms. The fourth-order valence-electron chi connectivity index (χ4n) is 4.44. The summed E-state index contributed by atoms with van der Waals surface area (Å²) in [6.45, 7) is 7.22. The van der Waals surface area contributed by atoms with Gasteiger partial charge in [-0.25, -0.2) is 13.4 Å². The van der Waals surface area contributed by atoms with Crippen LogP contribution in [0.5, 0.6) is 5.75 Å². The lowest BCUT2D eigenvalue weighted by Gasteiger charge is -2.34. The van der Waals surface area contributed by atoms with Crippen LogP contribution in [0.2, 0.25) is 0 Å².